The van der Waals surface area contributed by atoms with Crippen LogP contribution in [0.3, 0.4) is 0 Å². The van der Waals surface area contributed by atoms with Crippen LogP contribution in [0.2, 0.25) is 0 Å². The summed E-state index contributed by atoms with van der Waals surface area (Å²) >= 11 is 0. The summed E-state index contributed by atoms with van der Waals surface area (Å²) < 4.78 is 13.7. The minimum Gasteiger partial charge on any atom is -0.377 e. The topological polar surface area (TPSA) is 82.6 Å². The lowest BCUT2D eigenvalue weighted by Gasteiger charge is -2.31. The molecule has 20 heavy (non-hydrogen) atoms. The first-order valence-electron chi connectivity index (χ1n) is 6.94. The fraction of sp³-hybridized carbons (Fsp3) is 0.692. The van der Waals surface area contributed by atoms with Gasteiger partial charge < -0.3 is 20.1 Å². The number of hydrogen-bond acceptors (Lipinski definition) is 4. The average molecular weight is 280 g/mol. The van der Waals surface area contributed by atoms with E-state index in [1.165, 1.54) is 0 Å². The van der Waals surface area contributed by atoms with Crippen molar-refractivity contribution in [1.29, 1.82) is 0 Å². The Bertz CT molecular complexity index is 464. The number of ether oxygens (including phenoxy) is 2. The molecule has 3 heterocycles. The number of urea groups is 1. The summed E-state index contributed by atoms with van der Waals surface area (Å²) in [5.74, 6) is 0. The molecule has 0 aromatic carbocycles. The highest BCUT2D eigenvalue weighted by Crippen LogP contribution is 2.33. The summed E-state index contributed by atoms with van der Waals surface area (Å²) in [4.78, 5) is 13.0. The van der Waals surface area contributed by atoms with E-state index in [1.807, 2.05) is 16.9 Å². The van der Waals surface area contributed by atoms with Crippen molar-refractivity contribution in [3.8, 4) is 0 Å². The lowest BCUT2D eigenvalue weighted by atomic mass is 10.0. The van der Waals surface area contributed by atoms with Crippen LogP contribution in [0.25, 0.3) is 0 Å². The molecule has 7 nitrogen and oxygen atoms in total. The van der Waals surface area contributed by atoms with Crippen molar-refractivity contribution in [1.82, 2.24) is 14.7 Å². The van der Waals surface area contributed by atoms with E-state index in [0.717, 1.165) is 19.4 Å². The first-order chi connectivity index (χ1) is 9.67. The third-order valence-electron chi connectivity index (χ3n) is 3.95. The number of aromatic nitrogens is 2. The quantitative estimate of drug-likeness (QED) is 0.839. The molecular weight excluding hydrogens is 260 g/mol. The lowest BCUT2D eigenvalue weighted by Crippen LogP contribution is -2.48. The molecule has 2 fully saturated rings. The van der Waals surface area contributed by atoms with Crippen LogP contribution >= 0.6 is 0 Å². The molecule has 110 valence electrons. The van der Waals surface area contributed by atoms with Crippen LogP contribution in [0.5, 0.6) is 0 Å². The minimum atomic E-state index is -0.413. The van der Waals surface area contributed by atoms with Gasteiger partial charge in [0.05, 0.1) is 32.4 Å². The Balaban J connectivity index is 1.65. The average Bonchev–Trinajstić information content (AvgIpc) is 2.99. The van der Waals surface area contributed by atoms with Crippen LogP contribution in [0.4, 0.5) is 4.79 Å². The smallest absolute Gasteiger partial charge is 0.314 e. The van der Waals surface area contributed by atoms with Crippen molar-refractivity contribution >= 4 is 6.03 Å². The molecule has 2 aliphatic heterocycles. The number of amides is 2. The molecule has 3 rings (SSSR count). The molecule has 1 spiro atoms. The van der Waals surface area contributed by atoms with Crippen molar-refractivity contribution in [3.05, 3.63) is 18.5 Å². The van der Waals surface area contributed by atoms with E-state index < -0.39 is 11.6 Å². The highest BCUT2D eigenvalue weighted by atomic mass is 16.6. The van der Waals surface area contributed by atoms with Gasteiger partial charge in [-0.3, -0.25) is 4.68 Å². The van der Waals surface area contributed by atoms with Crippen LogP contribution in [0.1, 0.15) is 12.8 Å². The molecule has 0 radical (unpaired) electrons. The van der Waals surface area contributed by atoms with Crippen molar-refractivity contribution in [2.24, 2.45) is 5.73 Å². The number of carbonyl (C=O) groups excluding carboxylic acids is 1. The molecule has 2 unspecified atom stereocenters. The molecule has 0 aliphatic carbocycles. The van der Waals surface area contributed by atoms with Crippen LogP contribution in [-0.2, 0) is 16.0 Å². The van der Waals surface area contributed by atoms with Gasteiger partial charge in [0.15, 0.2) is 0 Å². The molecule has 0 saturated carbocycles. The zero-order chi connectivity index (χ0) is 14.0. The lowest BCUT2D eigenvalue weighted by molar-refractivity contribution is -0.0874. The Labute approximate surface area is 117 Å². The monoisotopic (exact) mass is 280 g/mol. The van der Waals surface area contributed by atoms with Crippen LogP contribution in [0, 0.1) is 0 Å². The number of rotatable bonds is 2. The summed E-state index contributed by atoms with van der Waals surface area (Å²) in [6.45, 7) is 2.80. The van der Waals surface area contributed by atoms with Crippen LogP contribution < -0.4 is 5.73 Å². The SMILES string of the molecule is NC(=O)N1CCOCC2(CCC(Cn3cccn3)O2)C1. The molecule has 2 amide bonds. The highest BCUT2D eigenvalue weighted by molar-refractivity contribution is 5.72. The summed E-state index contributed by atoms with van der Waals surface area (Å²) in [7, 11) is 0. The Morgan fingerprint density at radius 2 is 2.45 bits per heavy atom. The summed E-state index contributed by atoms with van der Waals surface area (Å²) in [5, 5.41) is 4.20. The number of primary amides is 1. The second-order valence-electron chi connectivity index (χ2n) is 5.50. The highest BCUT2D eigenvalue weighted by Gasteiger charge is 2.43. The standard InChI is InChI=1S/C13H20N4O3/c14-12(18)16-6-7-19-10-13(9-16)3-2-11(20-13)8-17-5-1-4-15-17/h1,4-5,11H,2-3,6-10H2,(H2,14,18). The van der Waals surface area contributed by atoms with E-state index in [2.05, 4.69) is 5.10 Å². The molecule has 1 aromatic rings. The first kappa shape index (κ1) is 13.4. The van der Waals surface area contributed by atoms with Crippen LogP contribution in [0.15, 0.2) is 18.5 Å². The Hall–Kier alpha value is -1.60. The van der Waals surface area contributed by atoms with Gasteiger partial charge in [-0.15, -0.1) is 0 Å². The van der Waals surface area contributed by atoms with Crippen molar-refractivity contribution in [2.75, 3.05) is 26.3 Å². The maximum atomic E-state index is 11.4. The molecule has 1 aromatic heterocycles. The molecule has 0 bridgehead atoms. The van der Waals surface area contributed by atoms with Gasteiger partial charge >= 0.3 is 6.03 Å². The molecule has 7 heteroatoms. The second kappa shape index (κ2) is 5.41. The van der Waals surface area contributed by atoms with E-state index in [9.17, 15) is 4.79 Å². The zero-order valence-corrected chi connectivity index (χ0v) is 11.4. The van der Waals surface area contributed by atoms with Crippen molar-refractivity contribution in [2.45, 2.75) is 31.1 Å². The Morgan fingerprint density at radius 3 is 3.20 bits per heavy atom. The number of nitrogens with zero attached hydrogens (tertiary/aromatic N) is 3. The second-order valence-corrected chi connectivity index (χ2v) is 5.50. The van der Waals surface area contributed by atoms with Crippen LogP contribution in [-0.4, -0.2) is 58.7 Å². The van der Waals surface area contributed by atoms with E-state index in [-0.39, 0.29) is 6.10 Å². The largest absolute Gasteiger partial charge is 0.377 e. The Morgan fingerprint density at radius 1 is 1.55 bits per heavy atom. The van der Waals surface area contributed by atoms with E-state index >= 15 is 0 Å². The zero-order valence-electron chi connectivity index (χ0n) is 11.4. The summed E-state index contributed by atoms with van der Waals surface area (Å²) in [6.07, 6.45) is 5.60. The minimum absolute atomic E-state index is 0.103. The summed E-state index contributed by atoms with van der Waals surface area (Å²) in [6, 6.07) is 1.49. The molecular formula is C13H20N4O3. The maximum Gasteiger partial charge on any atom is 0.314 e. The number of carbonyl (C=O) groups is 1. The van der Waals surface area contributed by atoms with Gasteiger partial charge in [-0.25, -0.2) is 4.79 Å². The fourth-order valence-electron chi connectivity index (χ4n) is 2.96. The Kier molecular flexibility index (Phi) is 3.62. The number of hydrogen-bond donors (Lipinski definition) is 1. The van der Waals surface area contributed by atoms with Crippen molar-refractivity contribution < 1.29 is 14.3 Å². The van der Waals surface area contributed by atoms with E-state index in [4.69, 9.17) is 15.2 Å². The van der Waals surface area contributed by atoms with Gasteiger partial charge in [0.25, 0.3) is 0 Å². The third-order valence-corrected chi connectivity index (χ3v) is 3.95. The molecule has 2 N–H and O–H groups in total. The molecule has 2 atom stereocenters. The molecule has 2 aliphatic rings. The first-order valence-corrected chi connectivity index (χ1v) is 6.94. The van der Waals surface area contributed by atoms with Gasteiger partial charge in [0.1, 0.15) is 5.60 Å². The van der Waals surface area contributed by atoms with Gasteiger partial charge in [0, 0.05) is 18.9 Å². The third kappa shape index (κ3) is 2.78. The summed E-state index contributed by atoms with van der Waals surface area (Å²) in [5.41, 5.74) is 4.98. The fourth-order valence-corrected chi connectivity index (χ4v) is 2.96. The predicted octanol–water partition coefficient (Wildman–Crippen LogP) is 0.212. The van der Waals surface area contributed by atoms with Crippen molar-refractivity contribution in [3.63, 3.8) is 0 Å². The van der Waals surface area contributed by atoms with E-state index in [0.29, 0.717) is 26.3 Å². The van der Waals surface area contributed by atoms with Gasteiger partial charge in [-0.1, -0.05) is 0 Å². The normalized spacial score (nSPS) is 30.6. The predicted molar refractivity (Wildman–Crippen MR) is 71.0 cm³/mol. The number of nitrogens with two attached hydrogens (primary N) is 1. The maximum absolute atomic E-state index is 11.4. The molecule has 2 saturated heterocycles. The van der Waals surface area contributed by atoms with E-state index in [1.54, 1.807) is 11.1 Å². The van der Waals surface area contributed by atoms with Gasteiger partial charge in [-0.2, -0.15) is 5.10 Å². The van der Waals surface area contributed by atoms with Gasteiger partial charge in [-0.05, 0) is 18.9 Å². The van der Waals surface area contributed by atoms with Gasteiger partial charge in [0.2, 0.25) is 0 Å².